The largest absolute Gasteiger partial charge is 0.494 e. The molecule has 2 aromatic rings. The van der Waals surface area contributed by atoms with Crippen molar-refractivity contribution in [2.75, 3.05) is 12.9 Å². The van der Waals surface area contributed by atoms with Gasteiger partial charge in [-0.3, -0.25) is 4.79 Å². The Balaban J connectivity index is 2.01. The number of rotatable bonds is 5. The van der Waals surface area contributed by atoms with Crippen molar-refractivity contribution in [2.24, 2.45) is 0 Å². The fraction of sp³-hybridized carbons (Fsp3) is 0.133. The highest BCUT2D eigenvalue weighted by molar-refractivity contribution is 8.00. The molecule has 0 unspecified atom stereocenters. The van der Waals surface area contributed by atoms with Gasteiger partial charge in [0.05, 0.1) is 12.9 Å². The number of methoxy groups -OCH3 is 1. The number of ether oxygens (including phenoxy) is 1. The molecule has 20 heavy (non-hydrogen) atoms. The molecule has 0 heterocycles. The van der Waals surface area contributed by atoms with E-state index >= 15 is 0 Å². The van der Waals surface area contributed by atoms with Crippen LogP contribution >= 0.6 is 23.4 Å². The van der Waals surface area contributed by atoms with Crippen LogP contribution in [0.4, 0.5) is 4.39 Å². The SMILES string of the molecule is COc1ccc(C(=O)CSc2ccc(Cl)cc2)cc1F. The van der Waals surface area contributed by atoms with Crippen LogP contribution in [-0.4, -0.2) is 18.6 Å². The van der Waals surface area contributed by atoms with Crippen LogP contribution in [0.3, 0.4) is 0 Å². The minimum absolute atomic E-state index is 0.131. The molecule has 0 aromatic heterocycles. The summed E-state index contributed by atoms with van der Waals surface area (Å²) in [5.41, 5.74) is 0.338. The average molecular weight is 311 g/mol. The number of hydrogen-bond donors (Lipinski definition) is 0. The monoisotopic (exact) mass is 310 g/mol. The first-order valence-corrected chi connectivity index (χ1v) is 7.21. The van der Waals surface area contributed by atoms with E-state index in [1.165, 1.54) is 31.0 Å². The number of carbonyl (C=O) groups is 1. The Bertz CT molecular complexity index is 614. The molecule has 0 spiro atoms. The van der Waals surface area contributed by atoms with Crippen LogP contribution in [0, 0.1) is 5.82 Å². The Morgan fingerprint density at radius 1 is 1.25 bits per heavy atom. The predicted octanol–water partition coefficient (Wildman–Crippen LogP) is 4.46. The van der Waals surface area contributed by atoms with Crippen molar-refractivity contribution in [1.82, 2.24) is 0 Å². The second-order valence-electron chi connectivity index (χ2n) is 4.02. The van der Waals surface area contributed by atoms with Gasteiger partial charge in [0.1, 0.15) is 0 Å². The Labute approximate surface area is 125 Å². The van der Waals surface area contributed by atoms with E-state index in [0.717, 1.165) is 4.90 Å². The fourth-order valence-corrected chi connectivity index (χ4v) is 2.52. The van der Waals surface area contributed by atoms with E-state index in [0.29, 0.717) is 10.6 Å². The summed E-state index contributed by atoms with van der Waals surface area (Å²) in [6.45, 7) is 0. The zero-order chi connectivity index (χ0) is 14.5. The molecule has 0 saturated heterocycles. The minimum Gasteiger partial charge on any atom is -0.494 e. The van der Waals surface area contributed by atoms with Gasteiger partial charge in [-0.25, -0.2) is 4.39 Å². The lowest BCUT2D eigenvalue weighted by Gasteiger charge is -2.05. The van der Waals surface area contributed by atoms with E-state index in [1.807, 2.05) is 12.1 Å². The van der Waals surface area contributed by atoms with Crippen LogP contribution in [0.25, 0.3) is 0 Å². The molecule has 0 radical (unpaired) electrons. The lowest BCUT2D eigenvalue weighted by Crippen LogP contribution is -2.03. The lowest BCUT2D eigenvalue weighted by molar-refractivity contribution is 0.102. The van der Waals surface area contributed by atoms with Gasteiger partial charge in [-0.1, -0.05) is 11.6 Å². The van der Waals surface area contributed by atoms with Crippen LogP contribution in [0.5, 0.6) is 5.75 Å². The van der Waals surface area contributed by atoms with E-state index in [2.05, 4.69) is 0 Å². The zero-order valence-electron chi connectivity index (χ0n) is 10.7. The van der Waals surface area contributed by atoms with Gasteiger partial charge in [-0.15, -0.1) is 11.8 Å². The maximum absolute atomic E-state index is 13.5. The fourth-order valence-electron chi connectivity index (χ4n) is 1.60. The number of carbonyl (C=O) groups excluding carboxylic acids is 1. The summed E-state index contributed by atoms with van der Waals surface area (Å²) in [4.78, 5) is 12.9. The first-order chi connectivity index (χ1) is 9.60. The molecule has 104 valence electrons. The van der Waals surface area contributed by atoms with Crippen molar-refractivity contribution in [1.29, 1.82) is 0 Å². The molecule has 0 aliphatic heterocycles. The molecule has 0 atom stereocenters. The van der Waals surface area contributed by atoms with Gasteiger partial charge in [0.15, 0.2) is 17.3 Å². The van der Waals surface area contributed by atoms with Crippen molar-refractivity contribution < 1.29 is 13.9 Å². The molecule has 0 aliphatic carbocycles. The molecular formula is C15H12ClFO2S. The molecule has 0 amide bonds. The predicted molar refractivity (Wildman–Crippen MR) is 79.5 cm³/mol. The summed E-state index contributed by atoms with van der Waals surface area (Å²) in [5.74, 6) is -0.291. The topological polar surface area (TPSA) is 26.3 Å². The average Bonchev–Trinajstić information content (AvgIpc) is 2.46. The van der Waals surface area contributed by atoms with Gasteiger partial charge < -0.3 is 4.74 Å². The van der Waals surface area contributed by atoms with E-state index in [-0.39, 0.29) is 17.3 Å². The third kappa shape index (κ3) is 3.74. The van der Waals surface area contributed by atoms with E-state index < -0.39 is 5.82 Å². The van der Waals surface area contributed by atoms with E-state index in [9.17, 15) is 9.18 Å². The molecule has 0 fully saturated rings. The third-order valence-corrected chi connectivity index (χ3v) is 3.92. The molecule has 2 aromatic carbocycles. The molecule has 0 N–H and O–H groups in total. The second-order valence-corrected chi connectivity index (χ2v) is 5.50. The summed E-state index contributed by atoms with van der Waals surface area (Å²) in [5, 5.41) is 0.651. The molecule has 2 nitrogen and oxygen atoms in total. The standard InChI is InChI=1S/C15H12ClFO2S/c1-19-15-7-2-10(8-13(15)17)14(18)9-20-12-5-3-11(16)4-6-12/h2-8H,9H2,1H3. The number of halogens is 2. The maximum Gasteiger partial charge on any atom is 0.173 e. The Morgan fingerprint density at radius 2 is 1.95 bits per heavy atom. The summed E-state index contributed by atoms with van der Waals surface area (Å²) in [6.07, 6.45) is 0. The van der Waals surface area contributed by atoms with Gasteiger partial charge in [-0.2, -0.15) is 0 Å². The lowest BCUT2D eigenvalue weighted by atomic mass is 10.1. The maximum atomic E-state index is 13.5. The van der Waals surface area contributed by atoms with Crippen molar-refractivity contribution >= 4 is 29.1 Å². The smallest absolute Gasteiger partial charge is 0.173 e. The Hall–Kier alpha value is -1.52. The number of ketones is 1. The van der Waals surface area contributed by atoms with Crippen molar-refractivity contribution in [3.8, 4) is 5.75 Å². The number of benzene rings is 2. The minimum atomic E-state index is -0.533. The summed E-state index contributed by atoms with van der Waals surface area (Å²) in [7, 11) is 1.39. The number of thioether (sulfide) groups is 1. The molecule has 5 heteroatoms. The summed E-state index contributed by atoms with van der Waals surface area (Å²) < 4.78 is 18.3. The van der Waals surface area contributed by atoms with Crippen LogP contribution in [0.15, 0.2) is 47.4 Å². The Kier molecular flexibility index (Phi) is 5.04. The van der Waals surface area contributed by atoms with Gasteiger partial charge in [0, 0.05) is 15.5 Å². The van der Waals surface area contributed by atoms with Crippen LogP contribution < -0.4 is 4.74 Å². The van der Waals surface area contributed by atoms with Gasteiger partial charge in [0.2, 0.25) is 0 Å². The van der Waals surface area contributed by atoms with Crippen LogP contribution in [0.2, 0.25) is 5.02 Å². The van der Waals surface area contributed by atoms with Crippen molar-refractivity contribution in [2.45, 2.75) is 4.90 Å². The van der Waals surface area contributed by atoms with Gasteiger partial charge >= 0.3 is 0 Å². The van der Waals surface area contributed by atoms with Gasteiger partial charge in [-0.05, 0) is 42.5 Å². The molecule has 0 saturated carbocycles. The Morgan fingerprint density at radius 3 is 2.55 bits per heavy atom. The summed E-state index contributed by atoms with van der Waals surface area (Å²) in [6, 6.07) is 11.4. The highest BCUT2D eigenvalue weighted by Crippen LogP contribution is 2.23. The number of Topliss-reactive ketones (excluding diaryl/α,β-unsaturated/α-hetero) is 1. The first-order valence-electron chi connectivity index (χ1n) is 5.85. The van der Waals surface area contributed by atoms with Crippen molar-refractivity contribution in [3.05, 3.63) is 58.9 Å². The molecule has 0 aliphatic rings. The van der Waals surface area contributed by atoms with Crippen LogP contribution in [0.1, 0.15) is 10.4 Å². The zero-order valence-corrected chi connectivity index (χ0v) is 12.3. The molecular weight excluding hydrogens is 299 g/mol. The second kappa shape index (κ2) is 6.77. The third-order valence-electron chi connectivity index (χ3n) is 2.66. The first kappa shape index (κ1) is 14.9. The van der Waals surface area contributed by atoms with E-state index in [1.54, 1.807) is 18.2 Å². The van der Waals surface area contributed by atoms with Gasteiger partial charge in [0.25, 0.3) is 0 Å². The number of hydrogen-bond acceptors (Lipinski definition) is 3. The van der Waals surface area contributed by atoms with E-state index in [4.69, 9.17) is 16.3 Å². The molecule has 0 bridgehead atoms. The normalized spacial score (nSPS) is 10.3. The highest BCUT2D eigenvalue weighted by Gasteiger charge is 2.10. The molecule has 2 rings (SSSR count). The quantitative estimate of drug-likeness (QED) is 0.602. The highest BCUT2D eigenvalue weighted by atomic mass is 35.5. The van der Waals surface area contributed by atoms with Crippen LogP contribution in [-0.2, 0) is 0 Å². The summed E-state index contributed by atoms with van der Waals surface area (Å²) >= 11 is 7.17. The van der Waals surface area contributed by atoms with Crippen molar-refractivity contribution in [3.63, 3.8) is 0 Å².